The van der Waals surface area contributed by atoms with Crippen LogP contribution in [0.1, 0.15) is 34.3 Å². The molecule has 0 unspecified atom stereocenters. The first kappa shape index (κ1) is 16.9. The van der Waals surface area contributed by atoms with E-state index in [0.717, 1.165) is 22.5 Å². The Morgan fingerprint density at radius 2 is 1.42 bits per heavy atom. The molecule has 24 heavy (non-hydrogen) atoms. The lowest BCUT2D eigenvalue weighted by molar-refractivity contribution is 0.626. The minimum atomic E-state index is -0.497. The fourth-order valence-corrected chi connectivity index (χ4v) is 2.98. The highest BCUT2D eigenvalue weighted by Gasteiger charge is 2.22. The number of aryl methyl sites for hydroxylation is 2. The molecule has 0 fully saturated rings. The molecule has 1 aromatic heterocycles. The second-order valence-corrected chi connectivity index (χ2v) is 6.43. The van der Waals surface area contributed by atoms with Gasteiger partial charge in [-0.25, -0.2) is 13.8 Å². The fourth-order valence-electron chi connectivity index (χ4n) is 2.60. The second kappa shape index (κ2) is 6.54. The van der Waals surface area contributed by atoms with Crippen molar-refractivity contribution in [1.29, 1.82) is 0 Å². The van der Waals surface area contributed by atoms with Crippen LogP contribution in [0.5, 0.6) is 0 Å². The van der Waals surface area contributed by atoms with Crippen molar-refractivity contribution in [2.24, 2.45) is 0 Å². The molecule has 1 heterocycles. The molecule has 0 amide bonds. The van der Waals surface area contributed by atoms with Crippen LogP contribution in [0.25, 0.3) is 0 Å². The highest BCUT2D eigenvalue weighted by atomic mass is 35.5. The van der Waals surface area contributed by atoms with Gasteiger partial charge in [-0.05, 0) is 49.2 Å². The first-order chi connectivity index (χ1) is 11.4. The highest BCUT2D eigenvalue weighted by molar-refractivity contribution is 6.31. The Kier molecular flexibility index (Phi) is 4.61. The quantitative estimate of drug-likeness (QED) is 0.624. The number of benzene rings is 2. The molecule has 0 radical (unpaired) electrons. The number of aromatic amines is 1. The first-order valence-electron chi connectivity index (χ1n) is 7.30. The number of aromatic nitrogens is 2. The average molecular weight is 367 g/mol. The summed E-state index contributed by atoms with van der Waals surface area (Å²) in [6, 6.07) is 8.97. The van der Waals surface area contributed by atoms with Crippen LogP contribution in [-0.4, -0.2) is 9.97 Å². The zero-order valence-corrected chi connectivity index (χ0v) is 14.5. The summed E-state index contributed by atoms with van der Waals surface area (Å²) in [5.41, 5.74) is 3.25. The molecule has 2 aromatic carbocycles. The zero-order chi connectivity index (χ0) is 17.4. The number of imidazole rings is 1. The molecule has 0 aliphatic heterocycles. The summed E-state index contributed by atoms with van der Waals surface area (Å²) < 4.78 is 27.1. The van der Waals surface area contributed by atoms with E-state index in [1.54, 1.807) is 24.3 Å². The van der Waals surface area contributed by atoms with Crippen molar-refractivity contribution in [3.8, 4) is 0 Å². The van der Waals surface area contributed by atoms with Gasteiger partial charge in [0.25, 0.3) is 0 Å². The Balaban J connectivity index is 2.19. The SMILES string of the molecule is Cc1nc(C(c2ccc(F)c(Cl)c2)c2ccc(F)c(Cl)c2)[nH]c1C. The maximum Gasteiger partial charge on any atom is 0.141 e. The molecule has 0 spiro atoms. The van der Waals surface area contributed by atoms with Crippen molar-refractivity contribution in [3.05, 3.63) is 86.4 Å². The van der Waals surface area contributed by atoms with Crippen molar-refractivity contribution in [3.63, 3.8) is 0 Å². The van der Waals surface area contributed by atoms with Gasteiger partial charge in [-0.3, -0.25) is 0 Å². The molecular formula is C18H14Cl2F2N2. The van der Waals surface area contributed by atoms with Crippen LogP contribution < -0.4 is 0 Å². The Morgan fingerprint density at radius 3 is 1.79 bits per heavy atom. The number of halogens is 4. The van der Waals surface area contributed by atoms with Gasteiger partial charge in [-0.1, -0.05) is 35.3 Å². The summed E-state index contributed by atoms with van der Waals surface area (Å²) in [6.45, 7) is 3.81. The summed E-state index contributed by atoms with van der Waals surface area (Å²) in [5.74, 6) is -0.699. The lowest BCUT2D eigenvalue weighted by Crippen LogP contribution is -2.06. The van der Waals surface area contributed by atoms with Crippen LogP contribution in [0, 0.1) is 25.5 Å². The van der Waals surface area contributed by atoms with Gasteiger partial charge >= 0.3 is 0 Å². The van der Waals surface area contributed by atoms with Crippen molar-refractivity contribution in [1.82, 2.24) is 9.97 Å². The predicted octanol–water partition coefficient (Wildman–Crippen LogP) is 5.79. The summed E-state index contributed by atoms with van der Waals surface area (Å²) >= 11 is 11.9. The van der Waals surface area contributed by atoms with E-state index in [1.165, 1.54) is 12.1 Å². The number of nitrogens with one attached hydrogen (secondary N) is 1. The van der Waals surface area contributed by atoms with Crippen LogP contribution in [-0.2, 0) is 0 Å². The molecule has 6 heteroatoms. The van der Waals surface area contributed by atoms with Gasteiger partial charge in [0, 0.05) is 5.69 Å². The molecule has 124 valence electrons. The van der Waals surface area contributed by atoms with Gasteiger partial charge in [-0.2, -0.15) is 0 Å². The van der Waals surface area contributed by atoms with E-state index in [2.05, 4.69) is 9.97 Å². The van der Waals surface area contributed by atoms with Crippen molar-refractivity contribution in [2.45, 2.75) is 19.8 Å². The maximum absolute atomic E-state index is 13.5. The summed E-state index contributed by atoms with van der Waals surface area (Å²) in [7, 11) is 0. The molecule has 3 aromatic rings. The Labute approximate surface area is 148 Å². The van der Waals surface area contributed by atoms with Crippen molar-refractivity contribution in [2.75, 3.05) is 0 Å². The third-order valence-electron chi connectivity index (χ3n) is 3.97. The minimum Gasteiger partial charge on any atom is -0.345 e. The molecular weight excluding hydrogens is 353 g/mol. The second-order valence-electron chi connectivity index (χ2n) is 5.61. The molecule has 1 N–H and O–H groups in total. The standard InChI is InChI=1S/C18H14Cl2F2N2/c1-9-10(2)24-18(23-9)17(11-3-5-15(21)13(19)7-11)12-4-6-16(22)14(20)8-12/h3-8,17H,1-2H3,(H,23,24). The summed E-state index contributed by atoms with van der Waals surface area (Å²) in [6.07, 6.45) is 0. The van der Waals surface area contributed by atoms with E-state index in [9.17, 15) is 8.78 Å². The van der Waals surface area contributed by atoms with Crippen molar-refractivity contribution < 1.29 is 8.78 Å². The summed E-state index contributed by atoms with van der Waals surface area (Å²) in [5, 5.41) is 0.0383. The number of nitrogens with zero attached hydrogens (tertiary/aromatic N) is 1. The Morgan fingerprint density at radius 1 is 0.917 bits per heavy atom. The van der Waals surface area contributed by atoms with Crippen LogP contribution in [0.15, 0.2) is 36.4 Å². The van der Waals surface area contributed by atoms with Crippen LogP contribution in [0.3, 0.4) is 0 Å². The van der Waals surface area contributed by atoms with Crippen LogP contribution in [0.2, 0.25) is 10.0 Å². The summed E-state index contributed by atoms with van der Waals surface area (Å²) in [4.78, 5) is 7.76. The lowest BCUT2D eigenvalue weighted by atomic mass is 9.90. The van der Waals surface area contributed by atoms with E-state index in [4.69, 9.17) is 23.2 Å². The fraction of sp³-hybridized carbons (Fsp3) is 0.167. The average Bonchev–Trinajstić information content (AvgIpc) is 2.86. The van der Waals surface area contributed by atoms with Gasteiger partial charge in [0.2, 0.25) is 0 Å². The molecule has 2 nitrogen and oxygen atoms in total. The highest BCUT2D eigenvalue weighted by Crippen LogP contribution is 2.34. The zero-order valence-electron chi connectivity index (χ0n) is 13.0. The predicted molar refractivity (Wildman–Crippen MR) is 91.8 cm³/mol. The Bertz CT molecular complexity index is 835. The normalized spacial score (nSPS) is 11.3. The minimum absolute atomic E-state index is 0.0192. The lowest BCUT2D eigenvalue weighted by Gasteiger charge is -2.17. The topological polar surface area (TPSA) is 28.7 Å². The van der Waals surface area contributed by atoms with Crippen LogP contribution in [0.4, 0.5) is 8.78 Å². The van der Waals surface area contributed by atoms with E-state index in [1.807, 2.05) is 13.8 Å². The Hall–Kier alpha value is -1.91. The molecule has 0 saturated heterocycles. The van der Waals surface area contributed by atoms with E-state index in [0.29, 0.717) is 5.82 Å². The molecule has 0 saturated carbocycles. The molecule has 3 rings (SSSR count). The largest absolute Gasteiger partial charge is 0.345 e. The molecule has 0 aliphatic rings. The van der Waals surface area contributed by atoms with E-state index < -0.39 is 11.6 Å². The monoisotopic (exact) mass is 366 g/mol. The van der Waals surface area contributed by atoms with Crippen LogP contribution >= 0.6 is 23.2 Å². The third kappa shape index (κ3) is 3.17. The van der Waals surface area contributed by atoms with Gasteiger partial charge < -0.3 is 4.98 Å². The van der Waals surface area contributed by atoms with Gasteiger partial charge in [0.15, 0.2) is 0 Å². The molecule has 0 aliphatic carbocycles. The van der Waals surface area contributed by atoms with Crippen molar-refractivity contribution >= 4 is 23.2 Å². The van der Waals surface area contributed by atoms with E-state index in [-0.39, 0.29) is 16.0 Å². The van der Waals surface area contributed by atoms with Gasteiger partial charge in [0.1, 0.15) is 17.5 Å². The number of hydrogen-bond acceptors (Lipinski definition) is 1. The van der Waals surface area contributed by atoms with Gasteiger partial charge in [-0.15, -0.1) is 0 Å². The number of hydrogen-bond donors (Lipinski definition) is 1. The van der Waals surface area contributed by atoms with Gasteiger partial charge in [0.05, 0.1) is 21.7 Å². The molecule has 0 bridgehead atoms. The first-order valence-corrected chi connectivity index (χ1v) is 8.05. The number of H-pyrrole nitrogens is 1. The molecule has 0 atom stereocenters. The number of rotatable bonds is 3. The third-order valence-corrected chi connectivity index (χ3v) is 4.55. The maximum atomic E-state index is 13.5. The van der Waals surface area contributed by atoms with E-state index >= 15 is 0 Å². The smallest absolute Gasteiger partial charge is 0.141 e.